The number of benzene rings is 7. The van der Waals surface area contributed by atoms with Crippen LogP contribution in [0, 0.1) is 12.9 Å². The molecule has 9 rings (SSSR count). The van der Waals surface area contributed by atoms with Crippen molar-refractivity contribution >= 4 is 11.0 Å². The van der Waals surface area contributed by atoms with Crippen molar-refractivity contribution in [3.63, 3.8) is 0 Å². The molecule has 0 atom stereocenters. The number of phenols is 1. The summed E-state index contributed by atoms with van der Waals surface area (Å²) in [6.45, 7) is 16.6. The topological polar surface area (TPSA) is 50.9 Å². The minimum absolute atomic E-state index is 0. The predicted octanol–water partition coefficient (Wildman–Crippen LogP) is 16.1. The zero-order valence-electron chi connectivity index (χ0n) is 46.8. The van der Waals surface area contributed by atoms with E-state index in [0.29, 0.717) is 61.6 Å². The molecule has 0 aliphatic heterocycles. The van der Waals surface area contributed by atoms with Crippen LogP contribution in [0.5, 0.6) is 5.75 Å². The molecule has 1 N–H and O–H groups in total. The summed E-state index contributed by atoms with van der Waals surface area (Å²) in [5, 5.41) is 12.7. The monoisotopic (exact) mass is 1050 g/mol. The van der Waals surface area contributed by atoms with Gasteiger partial charge in [-0.25, -0.2) is 4.98 Å². The van der Waals surface area contributed by atoms with E-state index in [1.54, 1.807) is 24.4 Å². The summed E-state index contributed by atoms with van der Waals surface area (Å²) in [6.07, 6.45) is 1.58. The molecule has 0 saturated carbocycles. The molecule has 7 aromatic carbocycles. The molecule has 0 aliphatic carbocycles. The molecule has 0 aliphatic rings. The van der Waals surface area contributed by atoms with Gasteiger partial charge >= 0.3 is 0 Å². The fourth-order valence-electron chi connectivity index (χ4n) is 8.44. The molecule has 2 aromatic heterocycles. The molecule has 0 bridgehead atoms. The second kappa shape index (κ2) is 17.8. The minimum Gasteiger partial charge on any atom is -0.507 e. The van der Waals surface area contributed by atoms with Gasteiger partial charge < -0.3 is 5.11 Å². The first kappa shape index (κ1) is 36.8. The largest absolute Gasteiger partial charge is 0.507 e. The summed E-state index contributed by atoms with van der Waals surface area (Å²) in [5.74, 6) is 0.547. The van der Waals surface area contributed by atoms with E-state index >= 15 is 0 Å². The number of rotatable bonds is 7. The molecular weight excluding hydrogens is 986 g/mol. The van der Waals surface area contributed by atoms with Gasteiger partial charge in [0, 0.05) is 48.2 Å². The molecular formula is C61H58N3OPt-. The summed E-state index contributed by atoms with van der Waals surface area (Å²) in [5.41, 5.74) is 10.0. The van der Waals surface area contributed by atoms with E-state index in [4.69, 9.17) is 20.9 Å². The average Bonchev–Trinajstić information content (AvgIpc) is 3.73. The SMILES string of the molecule is [2H]c1c([2H])c([2H])c(-c2ccnc(-c3[c-]c(-c4cccc5c4nc(-c4cc(C(C)(C)C)cc(C(C)(C)C)c4O)n5-c4cc(-c5ccccc5)c(C([2H])([2H])[2H])cc4-c4ccccc4)cc(C(C)(C)C)c3)c2)c([2H])c1[2H].[Pt]. The molecule has 9 aromatic rings. The number of para-hydroxylation sites is 1. The first-order valence-corrected chi connectivity index (χ1v) is 22.1. The van der Waals surface area contributed by atoms with Crippen molar-refractivity contribution in [2.75, 3.05) is 0 Å². The van der Waals surface area contributed by atoms with Crippen LogP contribution in [0.3, 0.4) is 0 Å². The molecule has 0 spiro atoms. The Kier molecular flexibility index (Phi) is 9.93. The smallest absolute Gasteiger partial charge is 0.148 e. The Labute approximate surface area is 417 Å². The van der Waals surface area contributed by atoms with Gasteiger partial charge in [0.1, 0.15) is 11.6 Å². The van der Waals surface area contributed by atoms with Gasteiger partial charge in [0.15, 0.2) is 0 Å². The molecule has 0 fully saturated rings. The minimum atomic E-state index is -2.48. The molecule has 4 nitrogen and oxygen atoms in total. The summed E-state index contributed by atoms with van der Waals surface area (Å²) < 4.78 is 71.0. The van der Waals surface area contributed by atoms with Crippen molar-refractivity contribution in [3.05, 3.63) is 192 Å². The third kappa shape index (κ3) is 8.97. The van der Waals surface area contributed by atoms with Crippen LogP contribution < -0.4 is 0 Å². The van der Waals surface area contributed by atoms with Gasteiger partial charge in [0.25, 0.3) is 0 Å². The van der Waals surface area contributed by atoms with Crippen LogP contribution in [0.15, 0.2) is 164 Å². The fraction of sp³-hybridized carbons (Fsp3) is 0.213. The normalized spacial score (nSPS) is 14.0. The number of aryl methyl sites for hydroxylation is 1. The van der Waals surface area contributed by atoms with Crippen LogP contribution in [0.25, 0.3) is 83.9 Å². The third-order valence-electron chi connectivity index (χ3n) is 12.1. The molecule has 2 heterocycles. The van der Waals surface area contributed by atoms with E-state index in [-0.39, 0.29) is 60.9 Å². The van der Waals surface area contributed by atoms with Gasteiger partial charge in [-0.2, -0.15) is 0 Å². The van der Waals surface area contributed by atoms with Gasteiger partial charge in [-0.1, -0.05) is 189 Å². The third-order valence-corrected chi connectivity index (χ3v) is 12.1. The summed E-state index contributed by atoms with van der Waals surface area (Å²) >= 11 is 0. The zero-order valence-corrected chi connectivity index (χ0v) is 41.1. The van der Waals surface area contributed by atoms with Crippen LogP contribution >= 0.6 is 0 Å². The van der Waals surface area contributed by atoms with Gasteiger partial charge in [-0.15, -0.1) is 29.3 Å². The second-order valence-electron chi connectivity index (χ2n) is 19.9. The number of aromatic nitrogens is 3. The Morgan fingerprint density at radius 2 is 1.21 bits per heavy atom. The molecule has 334 valence electrons. The van der Waals surface area contributed by atoms with Crippen molar-refractivity contribution in [1.82, 2.24) is 14.5 Å². The average molecular weight is 1050 g/mol. The molecule has 0 amide bonds. The number of nitrogens with zero attached hydrogens (tertiary/aromatic N) is 3. The number of fused-ring (bicyclic) bond motifs is 1. The van der Waals surface area contributed by atoms with Crippen LogP contribution in [0.2, 0.25) is 0 Å². The number of imidazole rings is 1. The van der Waals surface area contributed by atoms with Crippen LogP contribution in [0.4, 0.5) is 0 Å². The van der Waals surface area contributed by atoms with E-state index in [1.165, 1.54) is 0 Å². The molecule has 5 heteroatoms. The number of hydrogen-bond acceptors (Lipinski definition) is 3. The summed E-state index contributed by atoms with van der Waals surface area (Å²) in [4.78, 5) is 10.4. The molecule has 0 radical (unpaired) electrons. The maximum atomic E-state index is 12.7. The summed E-state index contributed by atoms with van der Waals surface area (Å²) in [6, 6.07) is 42.3. The van der Waals surface area contributed by atoms with Gasteiger partial charge in [-0.3, -0.25) is 9.55 Å². The van der Waals surface area contributed by atoms with E-state index < -0.39 is 30.4 Å². The van der Waals surface area contributed by atoms with Crippen molar-refractivity contribution < 1.29 is 37.1 Å². The van der Waals surface area contributed by atoms with Crippen molar-refractivity contribution in [2.24, 2.45) is 0 Å². The quantitative estimate of drug-likeness (QED) is 0.162. The second-order valence-corrected chi connectivity index (χ2v) is 19.9. The Hall–Kier alpha value is -6.35. The van der Waals surface area contributed by atoms with Crippen molar-refractivity contribution in [1.29, 1.82) is 0 Å². The Morgan fingerprint density at radius 1 is 0.576 bits per heavy atom. The number of aromatic hydroxyl groups is 1. The zero-order chi connectivity index (χ0) is 52.7. The standard InChI is InChI=1S/C61H58N3O.Pt/c1-39-31-50(42-25-18-13-19-26-42)55(38-49(39)41-23-16-12-17-24-41)64-54-28-20-27-48(56(54)63-58(64)51-36-47(60(5,6)7)37-52(57(51)65)61(8,9)10)44-32-45(34-46(33-44)59(2,3)4)53-35-43(29-30-62-53)40-21-14-11-15-22-40;/h11-31,33-38,65H,1-10H3;/q-1;/i1D3,11D,14D,15D,21D,22D;. The number of hydrogen-bond donors (Lipinski definition) is 1. The van der Waals surface area contributed by atoms with E-state index in [2.05, 4.69) is 85.1 Å². The van der Waals surface area contributed by atoms with Gasteiger partial charge in [0.2, 0.25) is 0 Å². The summed E-state index contributed by atoms with van der Waals surface area (Å²) in [7, 11) is 0. The maximum absolute atomic E-state index is 12.7. The van der Waals surface area contributed by atoms with Crippen LogP contribution in [-0.2, 0) is 37.3 Å². The molecule has 66 heavy (non-hydrogen) atoms. The number of pyridine rings is 1. The Balaban J connectivity index is 0.00000729. The molecule has 0 unspecified atom stereocenters. The van der Waals surface area contributed by atoms with Crippen LogP contribution in [-0.4, -0.2) is 19.6 Å². The number of phenolic OH excluding ortho intramolecular Hbond substituents is 1. The van der Waals surface area contributed by atoms with Crippen molar-refractivity contribution in [3.8, 4) is 78.6 Å². The van der Waals surface area contributed by atoms with Gasteiger partial charge in [-0.05, 0) is 92.4 Å². The Bertz CT molecular complexity index is 3600. The van der Waals surface area contributed by atoms with E-state index in [9.17, 15) is 5.11 Å². The van der Waals surface area contributed by atoms with Crippen molar-refractivity contribution in [2.45, 2.75) is 85.4 Å². The van der Waals surface area contributed by atoms with Gasteiger partial charge in [0.05, 0.1) is 29.1 Å². The first-order valence-electron chi connectivity index (χ1n) is 26.1. The van der Waals surface area contributed by atoms with E-state index in [1.807, 2.05) is 97.1 Å². The molecule has 0 saturated heterocycles. The maximum Gasteiger partial charge on any atom is 0.148 e. The first-order chi connectivity index (χ1) is 34.2. The van der Waals surface area contributed by atoms with Crippen LogP contribution in [0.1, 0.15) is 95.5 Å². The fourth-order valence-corrected chi connectivity index (χ4v) is 8.44. The predicted molar refractivity (Wildman–Crippen MR) is 273 cm³/mol. The van der Waals surface area contributed by atoms with E-state index in [0.717, 1.165) is 33.4 Å². The Morgan fingerprint density at radius 3 is 1.85 bits per heavy atom.